The van der Waals surface area contributed by atoms with Crippen molar-refractivity contribution in [3.63, 3.8) is 0 Å². The molecule has 5 heteroatoms. The number of anilines is 1. The lowest BCUT2D eigenvalue weighted by Crippen LogP contribution is -2.24. The number of benzene rings is 1. The van der Waals surface area contributed by atoms with Gasteiger partial charge in [0.2, 0.25) is 5.91 Å². The van der Waals surface area contributed by atoms with Gasteiger partial charge in [-0.2, -0.15) is 5.10 Å². The fourth-order valence-electron chi connectivity index (χ4n) is 1.79. The first-order valence-electron chi connectivity index (χ1n) is 6.22. The maximum Gasteiger partial charge on any atom is 0.248 e. The predicted octanol–water partition coefficient (Wildman–Crippen LogP) is 1.85. The molecule has 0 fully saturated rings. The second-order valence-electron chi connectivity index (χ2n) is 4.51. The first-order chi connectivity index (χ1) is 9.10. The summed E-state index contributed by atoms with van der Waals surface area (Å²) < 4.78 is 1.65. The first kappa shape index (κ1) is 13.3. The molecule has 0 radical (unpaired) electrons. The van der Waals surface area contributed by atoms with E-state index in [0.717, 1.165) is 16.9 Å². The van der Waals surface area contributed by atoms with Crippen molar-refractivity contribution >= 4 is 11.6 Å². The molecule has 0 spiro atoms. The van der Waals surface area contributed by atoms with Crippen molar-refractivity contribution in [2.45, 2.75) is 26.4 Å². The predicted molar refractivity (Wildman–Crippen MR) is 74.6 cm³/mol. The van der Waals surface area contributed by atoms with Crippen molar-refractivity contribution < 1.29 is 4.79 Å². The maximum absolute atomic E-state index is 12.1. The van der Waals surface area contributed by atoms with Crippen LogP contribution >= 0.6 is 0 Å². The van der Waals surface area contributed by atoms with E-state index in [0.29, 0.717) is 6.54 Å². The molecule has 0 saturated carbocycles. The third-order valence-corrected chi connectivity index (χ3v) is 2.95. The van der Waals surface area contributed by atoms with Crippen LogP contribution < -0.4 is 11.1 Å². The zero-order valence-electron chi connectivity index (χ0n) is 11.1. The Hall–Kier alpha value is -2.14. The van der Waals surface area contributed by atoms with Crippen LogP contribution in [0.25, 0.3) is 0 Å². The molecule has 0 bridgehead atoms. The van der Waals surface area contributed by atoms with E-state index < -0.39 is 0 Å². The SMILES string of the molecule is Cc1ccn(C(C)C(=O)Nc2cccc(CN)c2)n1. The molecular weight excluding hydrogens is 240 g/mol. The Labute approximate surface area is 112 Å². The molecule has 3 N–H and O–H groups in total. The number of amides is 1. The number of hydrogen-bond donors (Lipinski definition) is 2. The molecule has 1 amide bonds. The van der Waals surface area contributed by atoms with Crippen molar-refractivity contribution in [2.24, 2.45) is 5.73 Å². The smallest absolute Gasteiger partial charge is 0.248 e. The highest BCUT2D eigenvalue weighted by Crippen LogP contribution is 2.13. The van der Waals surface area contributed by atoms with E-state index in [2.05, 4.69) is 10.4 Å². The van der Waals surface area contributed by atoms with Crippen LogP contribution in [0.1, 0.15) is 24.2 Å². The number of rotatable bonds is 4. The molecular formula is C14H18N4O. The summed E-state index contributed by atoms with van der Waals surface area (Å²) in [5.41, 5.74) is 8.21. The summed E-state index contributed by atoms with van der Waals surface area (Å²) in [7, 11) is 0. The number of aryl methyl sites for hydroxylation is 1. The van der Waals surface area contributed by atoms with Gasteiger partial charge in [-0.05, 0) is 37.6 Å². The second-order valence-corrected chi connectivity index (χ2v) is 4.51. The number of aromatic nitrogens is 2. The highest BCUT2D eigenvalue weighted by atomic mass is 16.2. The Kier molecular flexibility index (Phi) is 3.97. The molecule has 0 saturated heterocycles. The van der Waals surface area contributed by atoms with E-state index in [-0.39, 0.29) is 11.9 Å². The second kappa shape index (κ2) is 5.67. The van der Waals surface area contributed by atoms with Gasteiger partial charge in [-0.3, -0.25) is 9.48 Å². The number of carbonyl (C=O) groups is 1. The van der Waals surface area contributed by atoms with E-state index in [1.54, 1.807) is 10.9 Å². The molecule has 0 aliphatic carbocycles. The number of nitrogens with two attached hydrogens (primary N) is 1. The molecule has 1 heterocycles. The van der Waals surface area contributed by atoms with Crippen molar-refractivity contribution in [3.8, 4) is 0 Å². The van der Waals surface area contributed by atoms with Crippen LogP contribution in [0.4, 0.5) is 5.69 Å². The minimum absolute atomic E-state index is 0.0997. The van der Waals surface area contributed by atoms with Gasteiger partial charge in [-0.1, -0.05) is 12.1 Å². The van der Waals surface area contributed by atoms with E-state index in [1.165, 1.54) is 0 Å². The minimum atomic E-state index is -0.352. The van der Waals surface area contributed by atoms with Crippen molar-refractivity contribution in [2.75, 3.05) is 5.32 Å². The van der Waals surface area contributed by atoms with Gasteiger partial charge < -0.3 is 11.1 Å². The first-order valence-corrected chi connectivity index (χ1v) is 6.22. The van der Waals surface area contributed by atoms with Crippen LogP contribution in [0, 0.1) is 6.92 Å². The lowest BCUT2D eigenvalue weighted by molar-refractivity contribution is -0.119. The Morgan fingerprint density at radius 1 is 1.47 bits per heavy atom. The van der Waals surface area contributed by atoms with Crippen molar-refractivity contribution in [3.05, 3.63) is 47.8 Å². The fraction of sp³-hybridized carbons (Fsp3) is 0.286. The normalized spacial score (nSPS) is 12.2. The average Bonchev–Trinajstić information content (AvgIpc) is 2.84. The summed E-state index contributed by atoms with van der Waals surface area (Å²) in [5.74, 6) is -0.0997. The quantitative estimate of drug-likeness (QED) is 0.879. The van der Waals surface area contributed by atoms with Gasteiger partial charge in [0.1, 0.15) is 6.04 Å². The average molecular weight is 258 g/mol. The van der Waals surface area contributed by atoms with Crippen LogP contribution in [-0.2, 0) is 11.3 Å². The van der Waals surface area contributed by atoms with Gasteiger partial charge in [0.25, 0.3) is 0 Å². The van der Waals surface area contributed by atoms with Gasteiger partial charge in [0, 0.05) is 18.4 Å². The molecule has 0 aliphatic heterocycles. The topological polar surface area (TPSA) is 72.9 Å². The van der Waals surface area contributed by atoms with Crippen molar-refractivity contribution in [1.29, 1.82) is 0 Å². The number of carbonyl (C=O) groups excluding carboxylic acids is 1. The number of hydrogen-bond acceptors (Lipinski definition) is 3. The molecule has 2 aromatic rings. The Bertz CT molecular complexity index is 576. The van der Waals surface area contributed by atoms with Gasteiger partial charge in [-0.15, -0.1) is 0 Å². The molecule has 2 rings (SSSR count). The molecule has 1 unspecified atom stereocenters. The molecule has 1 atom stereocenters. The zero-order chi connectivity index (χ0) is 13.8. The Balaban J connectivity index is 2.08. The van der Waals surface area contributed by atoms with Crippen LogP contribution in [0.5, 0.6) is 0 Å². The number of nitrogens with zero attached hydrogens (tertiary/aromatic N) is 2. The van der Waals surface area contributed by atoms with Gasteiger partial charge in [-0.25, -0.2) is 0 Å². The van der Waals surface area contributed by atoms with Crippen molar-refractivity contribution in [1.82, 2.24) is 9.78 Å². The molecule has 5 nitrogen and oxygen atoms in total. The minimum Gasteiger partial charge on any atom is -0.326 e. The third-order valence-electron chi connectivity index (χ3n) is 2.95. The summed E-state index contributed by atoms with van der Waals surface area (Å²) in [6.07, 6.45) is 1.80. The number of nitrogens with one attached hydrogen (secondary N) is 1. The van der Waals surface area contributed by atoms with E-state index >= 15 is 0 Å². The van der Waals surface area contributed by atoms with Gasteiger partial charge >= 0.3 is 0 Å². The van der Waals surface area contributed by atoms with Crippen LogP contribution in [0.15, 0.2) is 36.5 Å². The van der Waals surface area contributed by atoms with E-state index in [4.69, 9.17) is 5.73 Å². The molecule has 1 aromatic carbocycles. The standard InChI is InChI=1S/C14H18N4O/c1-10-6-7-18(17-10)11(2)14(19)16-13-5-3-4-12(8-13)9-15/h3-8,11H,9,15H2,1-2H3,(H,16,19). The van der Waals surface area contributed by atoms with E-state index in [1.807, 2.05) is 44.2 Å². The summed E-state index contributed by atoms with van der Waals surface area (Å²) in [6, 6.07) is 9.04. The fourth-order valence-corrected chi connectivity index (χ4v) is 1.79. The monoisotopic (exact) mass is 258 g/mol. The van der Waals surface area contributed by atoms with Crippen LogP contribution in [0.2, 0.25) is 0 Å². The molecule has 100 valence electrons. The Morgan fingerprint density at radius 3 is 2.89 bits per heavy atom. The zero-order valence-corrected chi connectivity index (χ0v) is 11.1. The highest BCUT2D eigenvalue weighted by molar-refractivity contribution is 5.93. The maximum atomic E-state index is 12.1. The van der Waals surface area contributed by atoms with Gasteiger partial charge in [0.05, 0.1) is 5.69 Å². The summed E-state index contributed by atoms with van der Waals surface area (Å²) in [4.78, 5) is 12.1. The van der Waals surface area contributed by atoms with E-state index in [9.17, 15) is 4.79 Å². The lowest BCUT2D eigenvalue weighted by atomic mass is 10.2. The largest absolute Gasteiger partial charge is 0.326 e. The lowest BCUT2D eigenvalue weighted by Gasteiger charge is -2.13. The molecule has 19 heavy (non-hydrogen) atoms. The molecule has 0 aliphatic rings. The summed E-state index contributed by atoms with van der Waals surface area (Å²) >= 11 is 0. The summed E-state index contributed by atoms with van der Waals surface area (Å²) in [6.45, 7) is 4.16. The van der Waals surface area contributed by atoms with Gasteiger partial charge in [0.15, 0.2) is 0 Å². The highest BCUT2D eigenvalue weighted by Gasteiger charge is 2.15. The molecule has 1 aromatic heterocycles. The Morgan fingerprint density at radius 2 is 2.26 bits per heavy atom. The summed E-state index contributed by atoms with van der Waals surface area (Å²) in [5, 5.41) is 7.11. The van der Waals surface area contributed by atoms with Crippen LogP contribution in [-0.4, -0.2) is 15.7 Å². The van der Waals surface area contributed by atoms with Crippen LogP contribution in [0.3, 0.4) is 0 Å². The third kappa shape index (κ3) is 3.20.